The van der Waals surface area contributed by atoms with E-state index in [1.54, 1.807) is 29.2 Å². The summed E-state index contributed by atoms with van der Waals surface area (Å²) in [4.78, 5) is 8.52. The summed E-state index contributed by atoms with van der Waals surface area (Å²) in [5.41, 5.74) is 5.41. The molecule has 0 unspecified atom stereocenters. The van der Waals surface area contributed by atoms with Gasteiger partial charge in [0.05, 0.1) is 11.3 Å². The van der Waals surface area contributed by atoms with Crippen LogP contribution < -0.4 is 5.32 Å². The van der Waals surface area contributed by atoms with Crippen molar-refractivity contribution in [2.75, 3.05) is 5.32 Å². The van der Waals surface area contributed by atoms with Gasteiger partial charge in [0.2, 0.25) is 0 Å². The van der Waals surface area contributed by atoms with E-state index in [1.165, 1.54) is 0 Å². The molecule has 0 spiro atoms. The number of anilines is 1. The van der Waals surface area contributed by atoms with Gasteiger partial charge in [-0.3, -0.25) is 9.38 Å². The Bertz CT molecular complexity index is 1240. The summed E-state index contributed by atoms with van der Waals surface area (Å²) in [6.45, 7) is 2.46. The van der Waals surface area contributed by atoms with Crippen molar-refractivity contribution in [3.8, 4) is 23.3 Å². The van der Waals surface area contributed by atoms with Gasteiger partial charge in [-0.05, 0) is 29.7 Å². The molecule has 3 aromatic heterocycles. The molecule has 0 atom stereocenters. The van der Waals surface area contributed by atoms with Gasteiger partial charge in [0.1, 0.15) is 17.8 Å². The van der Waals surface area contributed by atoms with Crippen LogP contribution in [0, 0.1) is 29.6 Å². The Hall–Kier alpha value is -4.16. The maximum Gasteiger partial charge on any atom is 0.162 e. The lowest BCUT2D eigenvalue weighted by molar-refractivity contribution is 1.09. The molecule has 0 amide bonds. The van der Waals surface area contributed by atoms with Crippen molar-refractivity contribution in [1.82, 2.24) is 14.4 Å². The number of rotatable bonds is 4. The summed E-state index contributed by atoms with van der Waals surface area (Å²) >= 11 is 0. The molecule has 0 aliphatic rings. The Morgan fingerprint density at radius 3 is 2.64 bits per heavy atom. The first kappa shape index (κ1) is 17.3. The fourth-order valence-electron chi connectivity index (χ4n) is 3.34. The summed E-state index contributed by atoms with van der Waals surface area (Å²) in [6.07, 6.45) is 6.86. The fourth-order valence-corrected chi connectivity index (χ4v) is 3.34. The van der Waals surface area contributed by atoms with E-state index in [1.807, 2.05) is 43.3 Å². The van der Waals surface area contributed by atoms with Crippen LogP contribution in [0.25, 0.3) is 16.8 Å². The third-order valence-electron chi connectivity index (χ3n) is 4.67. The third kappa shape index (κ3) is 2.84. The molecule has 1 aromatic carbocycles. The molecule has 4 rings (SSSR count). The highest BCUT2D eigenvalue weighted by atomic mass is 15.0. The van der Waals surface area contributed by atoms with Gasteiger partial charge in [-0.25, -0.2) is 4.98 Å². The van der Waals surface area contributed by atoms with Gasteiger partial charge in [0.15, 0.2) is 5.65 Å². The van der Waals surface area contributed by atoms with E-state index in [0.29, 0.717) is 34.7 Å². The largest absolute Gasteiger partial charge is 0.377 e. The van der Waals surface area contributed by atoms with E-state index in [9.17, 15) is 10.5 Å². The number of aryl methyl sites for hydroxylation is 1. The van der Waals surface area contributed by atoms with Crippen molar-refractivity contribution >= 4 is 11.3 Å². The fraction of sp³-hybridized carbons (Fsp3) is 0.0909. The zero-order valence-electron chi connectivity index (χ0n) is 15.2. The molecule has 0 aliphatic carbocycles. The minimum atomic E-state index is 0.394. The minimum Gasteiger partial charge on any atom is -0.377 e. The van der Waals surface area contributed by atoms with Crippen LogP contribution in [0.3, 0.4) is 0 Å². The summed E-state index contributed by atoms with van der Waals surface area (Å²) in [5, 5.41) is 23.2. The number of pyridine rings is 2. The number of hydrogen-bond donors (Lipinski definition) is 1. The highest BCUT2D eigenvalue weighted by molar-refractivity contribution is 5.89. The molecule has 0 bridgehead atoms. The number of imidazole rings is 1. The van der Waals surface area contributed by atoms with E-state index in [-0.39, 0.29) is 0 Å². The van der Waals surface area contributed by atoms with E-state index in [4.69, 9.17) is 0 Å². The Kier molecular flexibility index (Phi) is 4.45. The summed E-state index contributed by atoms with van der Waals surface area (Å²) in [6, 6.07) is 16.1. The van der Waals surface area contributed by atoms with Crippen LogP contribution in [0.4, 0.5) is 5.69 Å². The Labute approximate surface area is 162 Å². The average molecular weight is 364 g/mol. The van der Waals surface area contributed by atoms with Crippen LogP contribution in [0.5, 0.6) is 0 Å². The van der Waals surface area contributed by atoms with Crippen LogP contribution in [-0.4, -0.2) is 14.4 Å². The molecule has 0 saturated heterocycles. The highest BCUT2D eigenvalue weighted by Gasteiger charge is 2.22. The molecular formula is C22H16N6. The quantitative estimate of drug-likeness (QED) is 0.590. The molecule has 0 fully saturated rings. The number of aromatic nitrogens is 3. The van der Waals surface area contributed by atoms with Crippen molar-refractivity contribution in [3.05, 3.63) is 83.6 Å². The lowest BCUT2D eigenvalue weighted by atomic mass is 9.94. The number of nitriles is 2. The smallest absolute Gasteiger partial charge is 0.162 e. The van der Waals surface area contributed by atoms with Gasteiger partial charge in [-0.2, -0.15) is 10.5 Å². The zero-order valence-corrected chi connectivity index (χ0v) is 15.2. The predicted octanol–water partition coefficient (Wildman–Crippen LogP) is 4.06. The zero-order chi connectivity index (χ0) is 19.5. The minimum absolute atomic E-state index is 0.394. The highest BCUT2D eigenvalue weighted by Crippen LogP contribution is 2.36. The maximum atomic E-state index is 10.0. The molecule has 6 nitrogen and oxygen atoms in total. The Morgan fingerprint density at radius 1 is 1.07 bits per heavy atom. The van der Waals surface area contributed by atoms with Crippen LogP contribution in [0.1, 0.15) is 22.4 Å². The van der Waals surface area contributed by atoms with Gasteiger partial charge in [0, 0.05) is 36.9 Å². The van der Waals surface area contributed by atoms with Gasteiger partial charge < -0.3 is 5.32 Å². The molecule has 28 heavy (non-hydrogen) atoms. The van der Waals surface area contributed by atoms with E-state index in [0.717, 1.165) is 16.7 Å². The van der Waals surface area contributed by atoms with E-state index < -0.39 is 0 Å². The average Bonchev–Trinajstić information content (AvgIpc) is 3.22. The first-order valence-corrected chi connectivity index (χ1v) is 8.76. The summed E-state index contributed by atoms with van der Waals surface area (Å²) in [5.74, 6) is 0. The first-order chi connectivity index (χ1) is 13.7. The SMILES string of the molecule is Cc1ccccc1-c1c(C#N)c(NCc2cccnc2)c2nccn2c1C#N. The topological polar surface area (TPSA) is 89.8 Å². The normalized spacial score (nSPS) is 10.4. The first-order valence-electron chi connectivity index (χ1n) is 8.76. The van der Waals surface area contributed by atoms with Crippen LogP contribution in [0.2, 0.25) is 0 Å². The molecule has 4 aromatic rings. The predicted molar refractivity (Wildman–Crippen MR) is 106 cm³/mol. The van der Waals surface area contributed by atoms with Crippen LogP contribution >= 0.6 is 0 Å². The number of benzene rings is 1. The third-order valence-corrected chi connectivity index (χ3v) is 4.67. The molecule has 0 saturated carbocycles. The van der Waals surface area contributed by atoms with E-state index in [2.05, 4.69) is 27.4 Å². The summed E-state index contributed by atoms with van der Waals surface area (Å²) in [7, 11) is 0. The van der Waals surface area contributed by atoms with Crippen LogP contribution in [0.15, 0.2) is 61.2 Å². The van der Waals surface area contributed by atoms with Crippen molar-refractivity contribution < 1.29 is 0 Å². The lowest BCUT2D eigenvalue weighted by Gasteiger charge is -2.17. The number of nitrogens with one attached hydrogen (secondary N) is 1. The molecule has 1 N–H and O–H groups in total. The second kappa shape index (κ2) is 7.22. The van der Waals surface area contributed by atoms with Gasteiger partial charge in [-0.15, -0.1) is 0 Å². The van der Waals surface area contributed by atoms with Gasteiger partial charge in [0.25, 0.3) is 0 Å². The lowest BCUT2D eigenvalue weighted by Crippen LogP contribution is -2.08. The summed E-state index contributed by atoms with van der Waals surface area (Å²) < 4.78 is 1.73. The standard InChI is InChI=1S/C22H16N6/c1-15-5-2-3-7-17(15)20-18(11-23)21(27-14-16-6-4-8-25-13-16)22-26-9-10-28(22)19(20)12-24/h2-10,13,27H,14H2,1H3. The Morgan fingerprint density at radius 2 is 1.93 bits per heavy atom. The molecular weight excluding hydrogens is 348 g/mol. The molecule has 6 heteroatoms. The van der Waals surface area contributed by atoms with Gasteiger partial charge in [-0.1, -0.05) is 30.3 Å². The number of hydrogen-bond acceptors (Lipinski definition) is 5. The van der Waals surface area contributed by atoms with Crippen molar-refractivity contribution in [1.29, 1.82) is 10.5 Å². The van der Waals surface area contributed by atoms with Crippen molar-refractivity contribution in [2.24, 2.45) is 0 Å². The van der Waals surface area contributed by atoms with Crippen molar-refractivity contribution in [2.45, 2.75) is 13.5 Å². The molecule has 0 radical (unpaired) electrons. The Balaban J connectivity index is 1.97. The van der Waals surface area contributed by atoms with Gasteiger partial charge >= 0.3 is 0 Å². The van der Waals surface area contributed by atoms with Crippen molar-refractivity contribution in [3.63, 3.8) is 0 Å². The molecule has 0 aliphatic heterocycles. The van der Waals surface area contributed by atoms with E-state index >= 15 is 0 Å². The number of fused-ring (bicyclic) bond motifs is 1. The molecule has 3 heterocycles. The monoisotopic (exact) mass is 364 g/mol. The maximum absolute atomic E-state index is 10.0. The molecule has 134 valence electrons. The second-order valence-corrected chi connectivity index (χ2v) is 6.35. The van der Waals surface area contributed by atoms with Crippen LogP contribution in [-0.2, 0) is 6.54 Å². The number of nitrogens with zero attached hydrogens (tertiary/aromatic N) is 5. The second-order valence-electron chi connectivity index (χ2n) is 6.35.